The summed E-state index contributed by atoms with van der Waals surface area (Å²) in [5.41, 5.74) is 7.73. The van der Waals surface area contributed by atoms with E-state index in [4.69, 9.17) is 10.2 Å². The van der Waals surface area contributed by atoms with Gasteiger partial charge < -0.3 is 15.5 Å². The molecule has 3 rings (SSSR count). The Hall–Kier alpha value is -2.89. The number of nitrogens with one attached hydrogen (secondary N) is 1. The normalized spacial score (nSPS) is 11.2. The molecule has 3 aromatic rings. The molecule has 2 aromatic carbocycles. The van der Waals surface area contributed by atoms with Gasteiger partial charge in [0.25, 0.3) is 6.01 Å². The standard InChI is InChI=1S/C18H18FN3O2/c1-10(2)15(23)9-11-7-8-14-17(16(11)19)24-18(22-14)21-13-6-4-3-5-12(13)20/h3-8,10H,9,20H2,1-2H3,(H,21,22). The van der Waals surface area contributed by atoms with Gasteiger partial charge in [-0.25, -0.2) is 4.39 Å². The SMILES string of the molecule is CC(C)C(=O)Cc1ccc2nc(Nc3ccccc3N)oc2c1F. The van der Waals surface area contributed by atoms with Crippen molar-refractivity contribution in [2.75, 3.05) is 11.1 Å². The zero-order valence-electron chi connectivity index (χ0n) is 13.5. The van der Waals surface area contributed by atoms with E-state index in [0.717, 1.165) is 0 Å². The number of aromatic nitrogens is 1. The van der Waals surface area contributed by atoms with Crippen molar-refractivity contribution in [3.63, 3.8) is 0 Å². The number of hydrogen-bond acceptors (Lipinski definition) is 5. The van der Waals surface area contributed by atoms with Crippen LogP contribution in [-0.4, -0.2) is 10.8 Å². The molecule has 124 valence electrons. The van der Waals surface area contributed by atoms with E-state index in [1.54, 1.807) is 38.1 Å². The van der Waals surface area contributed by atoms with Crippen LogP contribution < -0.4 is 11.1 Å². The predicted octanol–water partition coefficient (Wildman–Crippen LogP) is 4.06. The Morgan fingerprint density at radius 3 is 2.75 bits per heavy atom. The number of halogens is 1. The third-order valence-electron chi connectivity index (χ3n) is 3.79. The molecule has 1 heterocycles. The number of hydrogen-bond donors (Lipinski definition) is 2. The lowest BCUT2D eigenvalue weighted by Gasteiger charge is -2.05. The number of ketones is 1. The Kier molecular flexibility index (Phi) is 4.20. The van der Waals surface area contributed by atoms with Gasteiger partial charge in [0, 0.05) is 12.3 Å². The summed E-state index contributed by atoms with van der Waals surface area (Å²) in [5, 5.41) is 2.93. The van der Waals surface area contributed by atoms with E-state index < -0.39 is 5.82 Å². The molecule has 0 unspecified atom stereocenters. The number of nitrogens with two attached hydrogens (primary N) is 1. The molecule has 0 aliphatic heterocycles. The molecule has 0 saturated heterocycles. The highest BCUT2D eigenvalue weighted by molar-refractivity contribution is 5.85. The first kappa shape index (κ1) is 16.0. The van der Waals surface area contributed by atoms with E-state index in [0.29, 0.717) is 22.5 Å². The number of nitrogens with zero attached hydrogens (tertiary/aromatic N) is 1. The van der Waals surface area contributed by atoms with Crippen molar-refractivity contribution in [1.29, 1.82) is 0 Å². The fourth-order valence-corrected chi connectivity index (χ4v) is 2.31. The second-order valence-corrected chi connectivity index (χ2v) is 5.92. The molecule has 0 radical (unpaired) electrons. The second-order valence-electron chi connectivity index (χ2n) is 5.92. The van der Waals surface area contributed by atoms with Gasteiger partial charge in [0.05, 0.1) is 11.4 Å². The van der Waals surface area contributed by atoms with Crippen molar-refractivity contribution in [1.82, 2.24) is 4.98 Å². The van der Waals surface area contributed by atoms with Gasteiger partial charge in [-0.15, -0.1) is 0 Å². The topological polar surface area (TPSA) is 81.2 Å². The molecule has 0 aliphatic rings. The highest BCUT2D eigenvalue weighted by Crippen LogP contribution is 2.28. The maximum atomic E-state index is 14.6. The average molecular weight is 327 g/mol. The summed E-state index contributed by atoms with van der Waals surface area (Å²) in [6, 6.07) is 10.5. The monoisotopic (exact) mass is 327 g/mol. The van der Waals surface area contributed by atoms with Crippen molar-refractivity contribution in [3.8, 4) is 0 Å². The van der Waals surface area contributed by atoms with Crippen LogP contribution in [0.2, 0.25) is 0 Å². The maximum Gasteiger partial charge on any atom is 0.300 e. The molecule has 5 nitrogen and oxygen atoms in total. The van der Waals surface area contributed by atoms with Gasteiger partial charge in [-0.1, -0.05) is 32.0 Å². The molecule has 0 saturated carbocycles. The van der Waals surface area contributed by atoms with Crippen LogP contribution in [0.15, 0.2) is 40.8 Å². The Labute approximate surface area is 138 Å². The molecule has 0 aliphatic carbocycles. The number of para-hydroxylation sites is 2. The summed E-state index contributed by atoms with van der Waals surface area (Å²) < 4.78 is 20.1. The molecule has 0 spiro atoms. The maximum absolute atomic E-state index is 14.6. The number of anilines is 3. The van der Waals surface area contributed by atoms with Crippen molar-refractivity contribution < 1.29 is 13.6 Å². The van der Waals surface area contributed by atoms with Crippen molar-refractivity contribution in [2.45, 2.75) is 20.3 Å². The number of fused-ring (bicyclic) bond motifs is 1. The van der Waals surface area contributed by atoms with Gasteiger partial charge in [0.2, 0.25) is 0 Å². The third-order valence-corrected chi connectivity index (χ3v) is 3.79. The van der Waals surface area contributed by atoms with E-state index >= 15 is 0 Å². The fraction of sp³-hybridized carbons (Fsp3) is 0.222. The van der Waals surface area contributed by atoms with Crippen molar-refractivity contribution in [2.24, 2.45) is 5.92 Å². The molecular weight excluding hydrogens is 309 g/mol. The number of oxazole rings is 1. The molecule has 0 bridgehead atoms. The largest absolute Gasteiger partial charge is 0.420 e. The summed E-state index contributed by atoms with van der Waals surface area (Å²) in [4.78, 5) is 16.1. The first-order chi connectivity index (χ1) is 11.5. The van der Waals surface area contributed by atoms with Crippen LogP contribution in [0, 0.1) is 11.7 Å². The van der Waals surface area contributed by atoms with E-state index in [1.807, 2.05) is 12.1 Å². The van der Waals surface area contributed by atoms with Gasteiger partial charge in [-0.05, 0) is 23.8 Å². The van der Waals surface area contributed by atoms with Gasteiger partial charge in [-0.3, -0.25) is 4.79 Å². The van der Waals surface area contributed by atoms with Gasteiger partial charge in [0.15, 0.2) is 11.4 Å². The number of carbonyl (C=O) groups is 1. The summed E-state index contributed by atoms with van der Waals surface area (Å²) in [7, 11) is 0. The Morgan fingerprint density at radius 1 is 1.29 bits per heavy atom. The highest BCUT2D eigenvalue weighted by atomic mass is 19.1. The Bertz CT molecular complexity index is 902. The van der Waals surface area contributed by atoms with Gasteiger partial charge in [-0.2, -0.15) is 4.98 Å². The minimum atomic E-state index is -0.553. The number of rotatable bonds is 5. The molecular formula is C18H18FN3O2. The van der Waals surface area contributed by atoms with Gasteiger partial charge in [0.1, 0.15) is 11.3 Å². The van der Waals surface area contributed by atoms with E-state index in [1.165, 1.54) is 0 Å². The molecule has 0 fully saturated rings. The van der Waals surface area contributed by atoms with Crippen molar-refractivity contribution in [3.05, 3.63) is 47.8 Å². The highest BCUT2D eigenvalue weighted by Gasteiger charge is 2.17. The van der Waals surface area contributed by atoms with Crippen molar-refractivity contribution >= 4 is 34.3 Å². The summed E-state index contributed by atoms with van der Waals surface area (Å²) in [6.07, 6.45) is 0.0362. The number of benzene rings is 2. The number of Topliss-reactive ketones (excluding diaryl/α,β-unsaturated/α-hetero) is 1. The lowest BCUT2D eigenvalue weighted by atomic mass is 10.0. The van der Waals surface area contributed by atoms with Crippen LogP contribution in [0.25, 0.3) is 11.1 Å². The third kappa shape index (κ3) is 3.08. The lowest BCUT2D eigenvalue weighted by Crippen LogP contribution is -2.11. The van der Waals surface area contributed by atoms with Crippen LogP contribution in [0.1, 0.15) is 19.4 Å². The molecule has 0 atom stereocenters. The Balaban J connectivity index is 1.92. The zero-order chi connectivity index (χ0) is 17.3. The van der Waals surface area contributed by atoms with E-state index in [2.05, 4.69) is 10.3 Å². The minimum absolute atomic E-state index is 0.0248. The smallest absolute Gasteiger partial charge is 0.300 e. The number of nitrogen functional groups attached to an aromatic ring is 1. The summed E-state index contributed by atoms with van der Waals surface area (Å²) in [5.74, 6) is -0.723. The molecule has 0 amide bonds. The first-order valence-electron chi connectivity index (χ1n) is 7.68. The molecule has 6 heteroatoms. The van der Waals surface area contributed by atoms with Crippen LogP contribution in [-0.2, 0) is 11.2 Å². The van der Waals surface area contributed by atoms with E-state index in [-0.39, 0.29) is 29.7 Å². The van der Waals surface area contributed by atoms with Gasteiger partial charge >= 0.3 is 0 Å². The second kappa shape index (κ2) is 6.31. The first-order valence-corrected chi connectivity index (χ1v) is 7.68. The predicted molar refractivity (Wildman–Crippen MR) is 91.7 cm³/mol. The molecule has 1 aromatic heterocycles. The molecule has 3 N–H and O–H groups in total. The van der Waals surface area contributed by atoms with Crippen LogP contribution in [0.4, 0.5) is 21.8 Å². The van der Waals surface area contributed by atoms with Crippen LogP contribution in [0.3, 0.4) is 0 Å². The Morgan fingerprint density at radius 2 is 2.04 bits per heavy atom. The quantitative estimate of drug-likeness (QED) is 0.691. The van der Waals surface area contributed by atoms with E-state index in [9.17, 15) is 9.18 Å². The summed E-state index contributed by atoms with van der Waals surface area (Å²) >= 11 is 0. The summed E-state index contributed by atoms with van der Waals surface area (Å²) in [6.45, 7) is 3.58. The fourth-order valence-electron chi connectivity index (χ4n) is 2.31. The lowest BCUT2D eigenvalue weighted by molar-refractivity contribution is -0.121. The zero-order valence-corrected chi connectivity index (χ0v) is 13.5. The number of carbonyl (C=O) groups excluding carboxylic acids is 1. The molecule has 24 heavy (non-hydrogen) atoms. The average Bonchev–Trinajstić information content (AvgIpc) is 2.96. The van der Waals surface area contributed by atoms with Crippen LogP contribution in [0.5, 0.6) is 0 Å². The minimum Gasteiger partial charge on any atom is -0.420 e. The van der Waals surface area contributed by atoms with Crippen LogP contribution >= 0.6 is 0 Å².